The molecule has 2 bridgehead atoms. The van der Waals surface area contributed by atoms with Gasteiger partial charge in [0.2, 0.25) is 0 Å². The van der Waals surface area contributed by atoms with E-state index in [9.17, 15) is 13.2 Å². The number of halogens is 1. The monoisotopic (exact) mass is 298 g/mol. The first-order valence-corrected chi connectivity index (χ1v) is 7.55. The highest BCUT2D eigenvalue weighted by molar-refractivity contribution is 7.87. The highest BCUT2D eigenvalue weighted by Gasteiger charge is 2.53. The van der Waals surface area contributed by atoms with E-state index in [0.717, 1.165) is 0 Å². The zero-order valence-electron chi connectivity index (χ0n) is 10.0. The van der Waals surface area contributed by atoms with Crippen LogP contribution in [0.5, 0.6) is 0 Å². The van der Waals surface area contributed by atoms with Crippen molar-refractivity contribution in [3.05, 3.63) is 0 Å². The fourth-order valence-electron chi connectivity index (χ4n) is 2.31. The summed E-state index contributed by atoms with van der Waals surface area (Å²) in [5, 5.41) is -1.37. The quantitative estimate of drug-likeness (QED) is 0.427. The first-order chi connectivity index (χ1) is 8.35. The third-order valence-corrected chi connectivity index (χ3v) is 5.16. The van der Waals surface area contributed by atoms with E-state index in [1.807, 2.05) is 0 Å². The van der Waals surface area contributed by atoms with Gasteiger partial charge in [0.25, 0.3) is 10.1 Å². The van der Waals surface area contributed by atoms with Crippen LogP contribution in [0.4, 0.5) is 0 Å². The standard InChI is InChI=1S/C10H15ClO6S/c1-5(11)10(12)16-9-7(15-2)3-6-4-8(9)17-18(6,13)14/h5-9H,3-4H2,1-2H3. The van der Waals surface area contributed by atoms with Gasteiger partial charge in [-0.1, -0.05) is 0 Å². The lowest BCUT2D eigenvalue weighted by molar-refractivity contribution is -0.165. The summed E-state index contributed by atoms with van der Waals surface area (Å²) in [6.45, 7) is 1.49. The van der Waals surface area contributed by atoms with Crippen molar-refractivity contribution in [2.45, 2.75) is 48.7 Å². The number of rotatable bonds is 3. The van der Waals surface area contributed by atoms with Crippen molar-refractivity contribution in [2.24, 2.45) is 0 Å². The fraction of sp³-hybridized carbons (Fsp3) is 0.900. The van der Waals surface area contributed by atoms with E-state index in [0.29, 0.717) is 6.42 Å². The van der Waals surface area contributed by atoms with Crippen molar-refractivity contribution in [2.75, 3.05) is 7.11 Å². The number of esters is 1. The molecule has 104 valence electrons. The summed E-state index contributed by atoms with van der Waals surface area (Å²) in [7, 11) is -2.11. The molecule has 0 aromatic heterocycles. The molecule has 2 fully saturated rings. The molecule has 2 rings (SSSR count). The molecule has 5 atom stereocenters. The molecule has 0 aromatic rings. The molecule has 1 heterocycles. The Balaban J connectivity index is 2.16. The van der Waals surface area contributed by atoms with E-state index in [1.54, 1.807) is 0 Å². The van der Waals surface area contributed by atoms with Crippen molar-refractivity contribution in [1.29, 1.82) is 0 Å². The van der Waals surface area contributed by atoms with Gasteiger partial charge in [0, 0.05) is 7.11 Å². The Labute approximate surface area is 111 Å². The topological polar surface area (TPSA) is 78.9 Å². The third-order valence-electron chi connectivity index (χ3n) is 3.27. The summed E-state index contributed by atoms with van der Waals surface area (Å²) in [6, 6.07) is 0. The lowest BCUT2D eigenvalue weighted by Crippen LogP contribution is -2.47. The Morgan fingerprint density at radius 2 is 2.11 bits per heavy atom. The number of hydrogen-bond donors (Lipinski definition) is 0. The molecule has 0 aromatic carbocycles. The van der Waals surface area contributed by atoms with Crippen molar-refractivity contribution in [3.8, 4) is 0 Å². The molecule has 1 saturated heterocycles. The van der Waals surface area contributed by atoms with Gasteiger partial charge in [-0.05, 0) is 19.8 Å². The van der Waals surface area contributed by atoms with Crippen molar-refractivity contribution in [1.82, 2.24) is 0 Å². The number of fused-ring (bicyclic) bond motifs is 2. The predicted octanol–water partition coefficient (Wildman–Crippen LogP) is 0.432. The molecule has 0 radical (unpaired) electrons. The van der Waals surface area contributed by atoms with Gasteiger partial charge in [-0.3, -0.25) is 8.98 Å². The SMILES string of the molecule is COC1CC2CC(OS2(=O)=O)C1OC(=O)C(C)Cl. The Kier molecular flexibility index (Phi) is 3.87. The Morgan fingerprint density at radius 1 is 1.44 bits per heavy atom. The first-order valence-electron chi connectivity index (χ1n) is 5.64. The fourth-order valence-corrected chi connectivity index (χ4v) is 3.90. The number of methoxy groups -OCH3 is 1. The molecule has 0 spiro atoms. The Bertz CT molecular complexity index is 434. The smallest absolute Gasteiger partial charge is 0.324 e. The second-order valence-electron chi connectivity index (χ2n) is 4.51. The molecule has 5 unspecified atom stereocenters. The molecular weight excluding hydrogens is 284 g/mol. The zero-order valence-corrected chi connectivity index (χ0v) is 11.6. The van der Waals surface area contributed by atoms with Crippen LogP contribution in [-0.4, -0.2) is 50.4 Å². The van der Waals surface area contributed by atoms with Crippen LogP contribution in [0.15, 0.2) is 0 Å². The summed E-state index contributed by atoms with van der Waals surface area (Å²) in [5.41, 5.74) is 0. The first kappa shape index (κ1) is 14.0. The zero-order chi connectivity index (χ0) is 13.5. The molecule has 2 aliphatic rings. The van der Waals surface area contributed by atoms with Crippen LogP contribution in [0.3, 0.4) is 0 Å². The number of hydrogen-bond acceptors (Lipinski definition) is 6. The Morgan fingerprint density at radius 3 is 2.67 bits per heavy atom. The van der Waals surface area contributed by atoms with Gasteiger partial charge < -0.3 is 9.47 Å². The summed E-state index contributed by atoms with van der Waals surface area (Å²) in [5.74, 6) is -0.602. The van der Waals surface area contributed by atoms with Gasteiger partial charge in [-0.15, -0.1) is 11.6 Å². The average Bonchev–Trinajstić information content (AvgIpc) is 2.53. The van der Waals surface area contributed by atoms with Gasteiger partial charge >= 0.3 is 5.97 Å². The minimum Gasteiger partial charge on any atom is -0.456 e. The molecular formula is C10H15ClO6S. The van der Waals surface area contributed by atoms with Gasteiger partial charge in [0.1, 0.15) is 11.5 Å². The van der Waals surface area contributed by atoms with Crippen LogP contribution < -0.4 is 0 Å². The normalized spacial score (nSPS) is 39.3. The van der Waals surface area contributed by atoms with E-state index in [4.69, 9.17) is 25.3 Å². The molecule has 18 heavy (non-hydrogen) atoms. The van der Waals surface area contributed by atoms with Crippen LogP contribution in [0, 0.1) is 0 Å². The van der Waals surface area contributed by atoms with E-state index >= 15 is 0 Å². The minimum absolute atomic E-state index is 0.268. The molecule has 1 aliphatic heterocycles. The van der Waals surface area contributed by atoms with Crippen LogP contribution >= 0.6 is 11.6 Å². The number of alkyl halides is 1. The van der Waals surface area contributed by atoms with Gasteiger partial charge in [0.15, 0.2) is 6.10 Å². The van der Waals surface area contributed by atoms with E-state index in [-0.39, 0.29) is 6.42 Å². The van der Waals surface area contributed by atoms with E-state index in [2.05, 4.69) is 0 Å². The lowest BCUT2D eigenvalue weighted by Gasteiger charge is -2.32. The van der Waals surface area contributed by atoms with Crippen molar-refractivity contribution < 1.29 is 26.9 Å². The van der Waals surface area contributed by atoms with E-state index in [1.165, 1.54) is 14.0 Å². The maximum atomic E-state index is 11.6. The second-order valence-corrected chi connectivity index (χ2v) is 7.01. The number of carbonyl (C=O) groups is 1. The lowest BCUT2D eigenvalue weighted by atomic mass is 9.91. The summed E-state index contributed by atoms with van der Waals surface area (Å²) in [6.07, 6.45) is -1.28. The van der Waals surface area contributed by atoms with Gasteiger partial charge in [0.05, 0.1) is 11.4 Å². The van der Waals surface area contributed by atoms with Crippen LogP contribution in [0.25, 0.3) is 0 Å². The molecule has 1 saturated carbocycles. The summed E-state index contributed by atoms with van der Waals surface area (Å²) >= 11 is 5.62. The second kappa shape index (κ2) is 4.96. The molecule has 6 nitrogen and oxygen atoms in total. The molecule has 1 aliphatic carbocycles. The highest BCUT2D eigenvalue weighted by Crippen LogP contribution is 2.38. The van der Waals surface area contributed by atoms with Gasteiger partial charge in [-0.25, -0.2) is 0 Å². The Hall–Kier alpha value is -0.370. The summed E-state index contributed by atoms with van der Waals surface area (Å²) < 4.78 is 38.6. The molecule has 0 N–H and O–H groups in total. The highest BCUT2D eigenvalue weighted by atomic mass is 35.5. The number of ether oxygens (including phenoxy) is 2. The van der Waals surface area contributed by atoms with E-state index < -0.39 is 45.0 Å². The van der Waals surface area contributed by atoms with Crippen LogP contribution in [0.1, 0.15) is 19.8 Å². The van der Waals surface area contributed by atoms with Crippen LogP contribution in [-0.2, 0) is 28.6 Å². The average molecular weight is 299 g/mol. The molecule has 8 heteroatoms. The number of carbonyl (C=O) groups excluding carboxylic acids is 1. The van der Waals surface area contributed by atoms with Crippen molar-refractivity contribution in [3.63, 3.8) is 0 Å². The molecule has 0 amide bonds. The van der Waals surface area contributed by atoms with Crippen molar-refractivity contribution >= 4 is 27.7 Å². The summed E-state index contributed by atoms with van der Waals surface area (Å²) in [4.78, 5) is 11.5. The maximum Gasteiger partial charge on any atom is 0.324 e. The predicted molar refractivity (Wildman–Crippen MR) is 62.8 cm³/mol. The largest absolute Gasteiger partial charge is 0.456 e. The minimum atomic E-state index is -3.56. The maximum absolute atomic E-state index is 11.6. The van der Waals surface area contributed by atoms with Gasteiger partial charge in [-0.2, -0.15) is 8.42 Å². The van der Waals surface area contributed by atoms with Crippen LogP contribution in [0.2, 0.25) is 0 Å². The third kappa shape index (κ3) is 2.49.